The van der Waals surface area contributed by atoms with Gasteiger partial charge in [0.15, 0.2) is 5.58 Å². The van der Waals surface area contributed by atoms with Gasteiger partial charge in [-0.3, -0.25) is 5.10 Å². The van der Waals surface area contributed by atoms with Crippen LogP contribution in [0, 0.1) is 13.8 Å². The van der Waals surface area contributed by atoms with E-state index in [1.165, 1.54) is 12.3 Å². The van der Waals surface area contributed by atoms with Crippen molar-refractivity contribution < 1.29 is 14.3 Å². The van der Waals surface area contributed by atoms with Gasteiger partial charge in [-0.05, 0) is 43.7 Å². The lowest BCUT2D eigenvalue weighted by molar-refractivity contribution is 0.0690. The zero-order valence-corrected chi connectivity index (χ0v) is 13.6. The highest BCUT2D eigenvalue weighted by Gasteiger charge is 2.14. The number of carboxylic acid groups (broad SMARTS) is 1. The third-order valence-electron chi connectivity index (χ3n) is 4.03. The topological polar surface area (TPSA) is 105 Å². The molecule has 0 unspecified atom stereocenters. The van der Waals surface area contributed by atoms with E-state index in [1.807, 2.05) is 32.0 Å². The second-order valence-corrected chi connectivity index (χ2v) is 5.75. The summed E-state index contributed by atoms with van der Waals surface area (Å²) in [4.78, 5) is 19.4. The first kappa shape index (κ1) is 15.1. The lowest BCUT2D eigenvalue weighted by Gasteiger charge is -2.00. The van der Waals surface area contributed by atoms with E-state index in [-0.39, 0.29) is 5.69 Å². The zero-order valence-electron chi connectivity index (χ0n) is 13.6. The largest absolute Gasteiger partial charge is 0.477 e. The highest BCUT2D eigenvalue weighted by molar-refractivity contribution is 5.87. The lowest BCUT2D eigenvalue weighted by atomic mass is 10.0. The Labute approximate surface area is 142 Å². The fourth-order valence-corrected chi connectivity index (χ4v) is 2.86. The molecule has 3 heterocycles. The second kappa shape index (κ2) is 5.55. The van der Waals surface area contributed by atoms with Crippen molar-refractivity contribution in [3.63, 3.8) is 0 Å². The quantitative estimate of drug-likeness (QED) is 0.593. The van der Waals surface area contributed by atoms with Crippen molar-refractivity contribution in [3.05, 3.63) is 53.6 Å². The average molecular weight is 334 g/mol. The van der Waals surface area contributed by atoms with Crippen molar-refractivity contribution in [2.24, 2.45) is 0 Å². The van der Waals surface area contributed by atoms with Crippen molar-refractivity contribution in [1.82, 2.24) is 20.2 Å². The minimum absolute atomic E-state index is 0.0508. The van der Waals surface area contributed by atoms with Crippen LogP contribution in [0.3, 0.4) is 0 Å². The van der Waals surface area contributed by atoms with Gasteiger partial charge in [-0.25, -0.2) is 14.8 Å². The standard InChI is InChI=1S/C18H14N4O3/c1-9-16(10(2)22-21-9)11-3-4-15-13(7-11)20-17(25-15)12-5-6-19-14(8-12)18(23)24/h3-8H,1-2H3,(H,21,22)(H,23,24). The predicted octanol–water partition coefficient (Wildman–Crippen LogP) is 3.59. The van der Waals surface area contributed by atoms with Crippen LogP contribution in [0.25, 0.3) is 33.7 Å². The molecule has 0 radical (unpaired) electrons. The SMILES string of the molecule is Cc1n[nH]c(C)c1-c1ccc2oc(-c3ccnc(C(=O)O)c3)nc2c1. The maximum absolute atomic E-state index is 11.1. The Morgan fingerprint density at radius 2 is 2.00 bits per heavy atom. The molecule has 25 heavy (non-hydrogen) atoms. The van der Waals surface area contributed by atoms with Crippen LogP contribution < -0.4 is 0 Å². The summed E-state index contributed by atoms with van der Waals surface area (Å²) < 4.78 is 5.77. The van der Waals surface area contributed by atoms with Gasteiger partial charge < -0.3 is 9.52 Å². The molecule has 0 atom stereocenters. The number of fused-ring (bicyclic) bond motifs is 1. The van der Waals surface area contributed by atoms with E-state index in [4.69, 9.17) is 9.52 Å². The fourth-order valence-electron chi connectivity index (χ4n) is 2.86. The molecule has 0 amide bonds. The van der Waals surface area contributed by atoms with Gasteiger partial charge in [-0.2, -0.15) is 5.10 Å². The van der Waals surface area contributed by atoms with E-state index in [1.54, 1.807) is 6.07 Å². The number of aryl methyl sites for hydroxylation is 2. The number of H-pyrrole nitrogens is 1. The number of carbonyl (C=O) groups is 1. The maximum Gasteiger partial charge on any atom is 0.354 e. The molecular weight excluding hydrogens is 320 g/mol. The highest BCUT2D eigenvalue weighted by atomic mass is 16.4. The number of hydrogen-bond donors (Lipinski definition) is 2. The summed E-state index contributed by atoms with van der Waals surface area (Å²) in [6, 6.07) is 8.86. The molecule has 0 fully saturated rings. The Kier molecular flexibility index (Phi) is 3.35. The molecule has 4 rings (SSSR count). The van der Waals surface area contributed by atoms with Crippen LogP contribution in [0.1, 0.15) is 21.9 Å². The van der Waals surface area contributed by atoms with E-state index in [0.29, 0.717) is 22.6 Å². The van der Waals surface area contributed by atoms with E-state index >= 15 is 0 Å². The molecule has 0 aliphatic rings. The number of nitrogens with zero attached hydrogens (tertiary/aromatic N) is 3. The minimum atomic E-state index is -1.09. The number of rotatable bonds is 3. The first-order valence-corrected chi connectivity index (χ1v) is 7.65. The van der Waals surface area contributed by atoms with Crippen molar-refractivity contribution in [2.45, 2.75) is 13.8 Å². The maximum atomic E-state index is 11.1. The zero-order chi connectivity index (χ0) is 17.6. The summed E-state index contributed by atoms with van der Waals surface area (Å²) in [5.74, 6) is -0.733. The molecule has 0 saturated carbocycles. The average Bonchev–Trinajstić information content (AvgIpc) is 3.17. The highest BCUT2D eigenvalue weighted by Crippen LogP contribution is 2.30. The molecule has 0 spiro atoms. The van der Waals surface area contributed by atoms with Gasteiger partial charge in [0.05, 0.1) is 5.69 Å². The van der Waals surface area contributed by atoms with E-state index < -0.39 is 5.97 Å². The Balaban J connectivity index is 1.81. The van der Waals surface area contributed by atoms with Crippen LogP contribution in [0.5, 0.6) is 0 Å². The van der Waals surface area contributed by atoms with Gasteiger partial charge >= 0.3 is 5.97 Å². The number of benzene rings is 1. The first-order valence-electron chi connectivity index (χ1n) is 7.65. The monoisotopic (exact) mass is 334 g/mol. The molecule has 1 aromatic carbocycles. The Morgan fingerprint density at radius 3 is 2.72 bits per heavy atom. The molecule has 3 aromatic heterocycles. The van der Waals surface area contributed by atoms with Gasteiger partial charge in [0.25, 0.3) is 0 Å². The molecule has 0 saturated heterocycles. The van der Waals surface area contributed by atoms with Gasteiger partial charge in [0, 0.05) is 23.0 Å². The number of aromatic amines is 1. The van der Waals surface area contributed by atoms with Crippen LogP contribution in [-0.2, 0) is 0 Å². The Hall–Kier alpha value is -3.48. The predicted molar refractivity (Wildman–Crippen MR) is 91.3 cm³/mol. The molecule has 0 aliphatic heterocycles. The number of aromatic nitrogens is 4. The summed E-state index contributed by atoms with van der Waals surface area (Å²) in [7, 11) is 0. The van der Waals surface area contributed by atoms with Crippen LogP contribution in [0.15, 0.2) is 40.9 Å². The molecule has 0 bridgehead atoms. The van der Waals surface area contributed by atoms with Crippen LogP contribution >= 0.6 is 0 Å². The molecule has 7 heteroatoms. The normalized spacial score (nSPS) is 11.1. The molecule has 0 aliphatic carbocycles. The third-order valence-corrected chi connectivity index (χ3v) is 4.03. The van der Waals surface area contributed by atoms with Crippen molar-refractivity contribution >= 4 is 17.1 Å². The van der Waals surface area contributed by atoms with Crippen LogP contribution in [0.4, 0.5) is 0 Å². The van der Waals surface area contributed by atoms with Crippen LogP contribution in [0.2, 0.25) is 0 Å². The Bertz CT molecular complexity index is 1090. The summed E-state index contributed by atoms with van der Waals surface area (Å²) in [6.07, 6.45) is 1.43. The lowest BCUT2D eigenvalue weighted by Crippen LogP contribution is -1.99. The van der Waals surface area contributed by atoms with Gasteiger partial charge in [-0.1, -0.05) is 6.07 Å². The van der Waals surface area contributed by atoms with Crippen molar-refractivity contribution in [1.29, 1.82) is 0 Å². The third kappa shape index (κ3) is 2.55. The minimum Gasteiger partial charge on any atom is -0.477 e. The fraction of sp³-hybridized carbons (Fsp3) is 0.111. The van der Waals surface area contributed by atoms with Gasteiger partial charge in [-0.15, -0.1) is 0 Å². The molecule has 7 nitrogen and oxygen atoms in total. The van der Waals surface area contributed by atoms with Gasteiger partial charge in [0.2, 0.25) is 5.89 Å². The number of aromatic carboxylic acids is 1. The van der Waals surface area contributed by atoms with E-state index in [9.17, 15) is 4.79 Å². The second-order valence-electron chi connectivity index (χ2n) is 5.75. The molecule has 2 N–H and O–H groups in total. The van der Waals surface area contributed by atoms with Crippen LogP contribution in [-0.4, -0.2) is 31.2 Å². The van der Waals surface area contributed by atoms with Crippen molar-refractivity contribution in [3.8, 4) is 22.6 Å². The number of oxazole rings is 1. The number of carboxylic acids is 1. The van der Waals surface area contributed by atoms with E-state index in [0.717, 1.165) is 22.5 Å². The Morgan fingerprint density at radius 1 is 1.16 bits per heavy atom. The summed E-state index contributed by atoms with van der Waals surface area (Å²) in [5.41, 5.74) is 5.79. The smallest absolute Gasteiger partial charge is 0.354 e. The molecule has 4 aromatic rings. The van der Waals surface area contributed by atoms with E-state index in [2.05, 4.69) is 20.2 Å². The van der Waals surface area contributed by atoms with Gasteiger partial charge in [0.1, 0.15) is 11.2 Å². The number of nitrogens with one attached hydrogen (secondary N) is 1. The molecule has 124 valence electrons. The summed E-state index contributed by atoms with van der Waals surface area (Å²) >= 11 is 0. The number of hydrogen-bond acceptors (Lipinski definition) is 5. The molecular formula is C18H14N4O3. The number of pyridine rings is 1. The van der Waals surface area contributed by atoms with Crippen molar-refractivity contribution in [2.75, 3.05) is 0 Å². The first-order chi connectivity index (χ1) is 12.0. The summed E-state index contributed by atoms with van der Waals surface area (Å²) in [5, 5.41) is 16.3. The summed E-state index contributed by atoms with van der Waals surface area (Å²) in [6.45, 7) is 3.92.